The first kappa shape index (κ1) is 21.8. The Morgan fingerprint density at radius 2 is 1.91 bits per heavy atom. The second-order valence-electron chi connectivity index (χ2n) is 7.83. The number of carbonyl (C=O) groups is 1. The van der Waals surface area contributed by atoms with Crippen LogP contribution in [-0.2, 0) is 0 Å². The number of aryl methyl sites for hydroxylation is 1. The third-order valence-corrected chi connectivity index (χ3v) is 4.79. The number of anilines is 2. The van der Waals surface area contributed by atoms with Crippen molar-refractivity contribution in [1.29, 1.82) is 0 Å². The van der Waals surface area contributed by atoms with E-state index in [0.717, 1.165) is 27.7 Å². The molecule has 4 rings (SSSR count). The molecule has 7 heteroatoms. The maximum Gasteiger partial charge on any atom is 0.267 e. The van der Waals surface area contributed by atoms with Gasteiger partial charge in [0, 0.05) is 22.6 Å². The molecule has 0 fully saturated rings. The topological polar surface area (TPSA) is 103 Å². The van der Waals surface area contributed by atoms with Gasteiger partial charge < -0.3 is 15.8 Å². The van der Waals surface area contributed by atoms with Crippen LogP contribution in [0.2, 0.25) is 0 Å². The van der Waals surface area contributed by atoms with E-state index in [0.29, 0.717) is 23.2 Å². The summed E-state index contributed by atoms with van der Waals surface area (Å²) in [7, 11) is 0. The van der Waals surface area contributed by atoms with Gasteiger partial charge >= 0.3 is 0 Å². The molecule has 0 spiro atoms. The predicted molar refractivity (Wildman–Crippen MR) is 129 cm³/mol. The quantitative estimate of drug-likeness (QED) is 0.427. The summed E-state index contributed by atoms with van der Waals surface area (Å²) in [5.74, 6) is 7.99. The molecule has 0 aliphatic carbocycles. The van der Waals surface area contributed by atoms with Gasteiger partial charge in [0.25, 0.3) is 5.91 Å². The first-order valence-electron chi connectivity index (χ1n) is 10.5. The van der Waals surface area contributed by atoms with Gasteiger partial charge in [0.1, 0.15) is 29.3 Å². The molecule has 0 saturated heterocycles. The third kappa shape index (κ3) is 5.25. The molecule has 0 bridgehead atoms. The molecule has 7 nitrogen and oxygen atoms in total. The maximum atomic E-state index is 11.2. The molecule has 1 amide bonds. The Morgan fingerprint density at radius 1 is 1.06 bits per heavy atom. The number of hydrogen-bond acceptors (Lipinski definition) is 6. The van der Waals surface area contributed by atoms with Gasteiger partial charge in [-0.25, -0.2) is 15.0 Å². The van der Waals surface area contributed by atoms with Crippen LogP contribution in [0.4, 0.5) is 11.5 Å². The largest absolute Gasteiger partial charge is 0.455 e. The lowest BCUT2D eigenvalue weighted by Crippen LogP contribution is -2.12. The maximum absolute atomic E-state index is 11.2. The number of benzene rings is 2. The normalized spacial score (nSPS) is 10.5. The number of nitrogens with two attached hydrogens (primary N) is 1. The zero-order chi connectivity index (χ0) is 23.4. The molecule has 4 aromatic rings. The van der Waals surface area contributed by atoms with E-state index < -0.39 is 5.91 Å². The fraction of sp³-hybridized carbons (Fsp3) is 0.154. The number of amides is 1. The Morgan fingerprint density at radius 3 is 2.61 bits per heavy atom. The van der Waals surface area contributed by atoms with Gasteiger partial charge in [-0.1, -0.05) is 25.7 Å². The molecule has 0 radical (unpaired) electrons. The molecule has 2 aromatic carbocycles. The van der Waals surface area contributed by atoms with Crippen molar-refractivity contribution >= 4 is 28.3 Å². The molecule has 2 aromatic heterocycles. The minimum Gasteiger partial charge on any atom is -0.455 e. The number of pyridine rings is 1. The van der Waals surface area contributed by atoms with Crippen LogP contribution in [-0.4, -0.2) is 20.9 Å². The number of fused-ring (bicyclic) bond motifs is 1. The smallest absolute Gasteiger partial charge is 0.267 e. The van der Waals surface area contributed by atoms with E-state index in [4.69, 9.17) is 10.5 Å². The SMILES string of the molecule is Cc1cc(Nc2ncnc3ccc(C#CC(C)C)cc23)ccc1Oc1ccc(C(N)=O)nc1. The molecule has 2 heterocycles. The summed E-state index contributed by atoms with van der Waals surface area (Å²) < 4.78 is 5.90. The summed E-state index contributed by atoms with van der Waals surface area (Å²) in [6.07, 6.45) is 3.01. The summed E-state index contributed by atoms with van der Waals surface area (Å²) in [6.45, 7) is 6.07. The van der Waals surface area contributed by atoms with Crippen LogP contribution in [0, 0.1) is 24.7 Å². The lowest BCUT2D eigenvalue weighted by molar-refractivity contribution is 0.0995. The van der Waals surface area contributed by atoms with Gasteiger partial charge in [-0.15, -0.1) is 0 Å². The molecular formula is C26H23N5O2. The first-order valence-corrected chi connectivity index (χ1v) is 10.5. The molecule has 0 aliphatic heterocycles. The summed E-state index contributed by atoms with van der Waals surface area (Å²) in [6, 6.07) is 14.8. The van der Waals surface area contributed by atoms with Crippen molar-refractivity contribution in [1.82, 2.24) is 15.0 Å². The zero-order valence-electron chi connectivity index (χ0n) is 18.6. The van der Waals surface area contributed by atoms with Crippen molar-refractivity contribution in [2.24, 2.45) is 11.7 Å². The van der Waals surface area contributed by atoms with Crippen molar-refractivity contribution in [3.63, 3.8) is 0 Å². The number of primary amides is 1. The number of hydrogen-bond donors (Lipinski definition) is 2. The highest BCUT2D eigenvalue weighted by Crippen LogP contribution is 2.29. The fourth-order valence-electron chi connectivity index (χ4n) is 3.15. The molecule has 0 atom stereocenters. The number of nitrogens with zero attached hydrogens (tertiary/aromatic N) is 3. The highest BCUT2D eigenvalue weighted by molar-refractivity contribution is 5.92. The third-order valence-electron chi connectivity index (χ3n) is 4.79. The number of rotatable bonds is 5. The number of ether oxygens (including phenoxy) is 1. The average molecular weight is 438 g/mol. The van der Waals surface area contributed by atoms with Crippen LogP contribution in [0.15, 0.2) is 61.1 Å². The van der Waals surface area contributed by atoms with Crippen LogP contribution in [0.1, 0.15) is 35.5 Å². The average Bonchev–Trinajstić information content (AvgIpc) is 2.80. The van der Waals surface area contributed by atoms with Crippen LogP contribution in [0.25, 0.3) is 10.9 Å². The highest BCUT2D eigenvalue weighted by atomic mass is 16.5. The van der Waals surface area contributed by atoms with E-state index in [-0.39, 0.29) is 5.69 Å². The van der Waals surface area contributed by atoms with Crippen molar-refractivity contribution in [3.8, 4) is 23.3 Å². The van der Waals surface area contributed by atoms with Crippen LogP contribution in [0.3, 0.4) is 0 Å². The summed E-state index contributed by atoms with van der Waals surface area (Å²) >= 11 is 0. The minimum absolute atomic E-state index is 0.189. The minimum atomic E-state index is -0.579. The molecule has 164 valence electrons. The number of aromatic nitrogens is 3. The lowest BCUT2D eigenvalue weighted by atomic mass is 10.1. The van der Waals surface area contributed by atoms with E-state index in [1.165, 1.54) is 18.6 Å². The van der Waals surface area contributed by atoms with Gasteiger partial charge in [0.15, 0.2) is 0 Å². The molecule has 33 heavy (non-hydrogen) atoms. The van der Waals surface area contributed by atoms with Gasteiger partial charge in [0.05, 0.1) is 11.7 Å². The summed E-state index contributed by atoms with van der Waals surface area (Å²) in [5, 5.41) is 4.27. The van der Waals surface area contributed by atoms with Crippen LogP contribution in [0.5, 0.6) is 11.5 Å². The van der Waals surface area contributed by atoms with Crippen molar-refractivity contribution < 1.29 is 9.53 Å². The Hall–Kier alpha value is -4.44. The Labute approximate surface area is 192 Å². The van der Waals surface area contributed by atoms with E-state index in [1.54, 1.807) is 6.07 Å². The van der Waals surface area contributed by atoms with Gasteiger partial charge in [-0.3, -0.25) is 4.79 Å². The van der Waals surface area contributed by atoms with E-state index in [2.05, 4.69) is 46.0 Å². The molecular weight excluding hydrogens is 414 g/mol. The zero-order valence-corrected chi connectivity index (χ0v) is 18.6. The monoisotopic (exact) mass is 437 g/mol. The second kappa shape index (κ2) is 9.37. The molecule has 0 unspecified atom stereocenters. The molecule has 0 aliphatic rings. The van der Waals surface area contributed by atoms with Gasteiger partial charge in [-0.2, -0.15) is 0 Å². The van der Waals surface area contributed by atoms with E-state index in [1.807, 2.05) is 43.3 Å². The number of nitrogens with one attached hydrogen (secondary N) is 1. The van der Waals surface area contributed by atoms with E-state index in [9.17, 15) is 4.79 Å². The van der Waals surface area contributed by atoms with Crippen molar-refractivity contribution in [3.05, 3.63) is 77.9 Å². The standard InChI is InChI=1S/C26H23N5O2/c1-16(2)4-5-18-6-9-22-21(13-18)26(30-15-29-22)31-19-7-11-24(17(3)12-19)33-20-8-10-23(25(27)32)28-14-20/h6-16H,1-3H3,(H2,27,32)(H,29,30,31). The number of carbonyl (C=O) groups excluding carboxylic acids is 1. The Balaban J connectivity index is 1.57. The van der Waals surface area contributed by atoms with Gasteiger partial charge in [-0.05, 0) is 61.0 Å². The summed E-state index contributed by atoms with van der Waals surface area (Å²) in [5.41, 5.74) is 8.95. The fourth-order valence-corrected chi connectivity index (χ4v) is 3.15. The first-order chi connectivity index (χ1) is 15.9. The van der Waals surface area contributed by atoms with Crippen LogP contribution >= 0.6 is 0 Å². The summed E-state index contributed by atoms with van der Waals surface area (Å²) in [4.78, 5) is 24.0. The predicted octanol–water partition coefficient (Wildman–Crippen LogP) is 4.98. The van der Waals surface area contributed by atoms with Crippen LogP contribution < -0.4 is 15.8 Å². The van der Waals surface area contributed by atoms with Gasteiger partial charge in [0.2, 0.25) is 0 Å². The van der Waals surface area contributed by atoms with Crippen molar-refractivity contribution in [2.75, 3.05) is 5.32 Å². The van der Waals surface area contributed by atoms with E-state index >= 15 is 0 Å². The lowest BCUT2D eigenvalue weighted by Gasteiger charge is -2.12. The second-order valence-corrected chi connectivity index (χ2v) is 7.83. The molecule has 3 N–H and O–H groups in total. The van der Waals surface area contributed by atoms with Crippen molar-refractivity contribution in [2.45, 2.75) is 20.8 Å². The highest BCUT2D eigenvalue weighted by Gasteiger charge is 2.09. The molecule has 0 saturated carbocycles. The Bertz CT molecular complexity index is 1390. The Kier molecular flexibility index (Phi) is 6.18.